The van der Waals surface area contributed by atoms with Crippen molar-refractivity contribution in [3.05, 3.63) is 70.4 Å². The van der Waals surface area contributed by atoms with Crippen molar-refractivity contribution < 1.29 is 14.0 Å². The summed E-state index contributed by atoms with van der Waals surface area (Å²) in [4.78, 5) is 28.5. The molecule has 0 atom stereocenters. The number of carbonyl (C=O) groups excluding carboxylic acids is 2. The van der Waals surface area contributed by atoms with E-state index in [2.05, 4.69) is 18.7 Å². The molecule has 27 heavy (non-hydrogen) atoms. The molecule has 1 aliphatic rings. The minimum atomic E-state index is -0.424. The summed E-state index contributed by atoms with van der Waals surface area (Å²) < 4.78 is 13.8. The molecule has 0 saturated carbocycles. The molecule has 140 valence electrons. The summed E-state index contributed by atoms with van der Waals surface area (Å²) in [6.45, 7) is 5.98. The summed E-state index contributed by atoms with van der Waals surface area (Å²) in [7, 11) is 0. The van der Waals surface area contributed by atoms with Gasteiger partial charge < -0.3 is 4.90 Å². The molecular formula is C21H21FN2O2S. The highest BCUT2D eigenvalue weighted by molar-refractivity contribution is 8.18. The highest BCUT2D eigenvalue weighted by Gasteiger charge is 2.35. The van der Waals surface area contributed by atoms with E-state index in [0.29, 0.717) is 10.5 Å². The molecule has 1 saturated heterocycles. The zero-order valence-corrected chi connectivity index (χ0v) is 16.1. The molecule has 1 fully saturated rings. The van der Waals surface area contributed by atoms with E-state index in [1.807, 2.05) is 24.3 Å². The van der Waals surface area contributed by atoms with Gasteiger partial charge in [-0.05, 0) is 55.4 Å². The van der Waals surface area contributed by atoms with Gasteiger partial charge in [0.2, 0.25) is 0 Å². The van der Waals surface area contributed by atoms with Crippen LogP contribution in [-0.4, -0.2) is 29.1 Å². The van der Waals surface area contributed by atoms with E-state index < -0.39 is 5.82 Å². The Balaban J connectivity index is 1.77. The first-order valence-electron chi connectivity index (χ1n) is 8.87. The lowest BCUT2D eigenvalue weighted by Crippen LogP contribution is -2.27. The molecule has 0 N–H and O–H groups in total. The summed E-state index contributed by atoms with van der Waals surface area (Å²) in [5, 5.41) is -0.380. The Morgan fingerprint density at radius 2 is 1.70 bits per heavy atom. The Hall–Kier alpha value is -2.60. The van der Waals surface area contributed by atoms with E-state index >= 15 is 0 Å². The smallest absolute Gasteiger partial charge is 0.293 e. The van der Waals surface area contributed by atoms with Gasteiger partial charge in [0, 0.05) is 24.3 Å². The standard InChI is InChI=1S/C21H21FN2O2S/c1-3-23(4-2)17-11-9-15(10-12-17)13-19-20(25)24(21(26)27-19)14-16-7-5-6-8-18(16)22/h5-13H,3-4,14H2,1-2H3/b19-13-. The minimum Gasteiger partial charge on any atom is -0.372 e. The highest BCUT2D eigenvalue weighted by Crippen LogP contribution is 2.33. The number of amides is 2. The third-order valence-corrected chi connectivity index (χ3v) is 5.39. The van der Waals surface area contributed by atoms with Gasteiger partial charge in [0.05, 0.1) is 11.4 Å². The predicted molar refractivity (Wildman–Crippen MR) is 108 cm³/mol. The van der Waals surface area contributed by atoms with Crippen molar-refractivity contribution in [2.24, 2.45) is 0 Å². The van der Waals surface area contributed by atoms with Crippen LogP contribution >= 0.6 is 11.8 Å². The van der Waals surface area contributed by atoms with Gasteiger partial charge in [-0.15, -0.1) is 0 Å². The van der Waals surface area contributed by atoms with Crippen LogP contribution in [0.2, 0.25) is 0 Å². The van der Waals surface area contributed by atoms with Gasteiger partial charge in [-0.3, -0.25) is 14.5 Å². The topological polar surface area (TPSA) is 40.6 Å². The lowest BCUT2D eigenvalue weighted by atomic mass is 10.1. The van der Waals surface area contributed by atoms with Crippen molar-refractivity contribution in [2.45, 2.75) is 20.4 Å². The summed E-state index contributed by atoms with van der Waals surface area (Å²) in [6.07, 6.45) is 1.71. The maximum Gasteiger partial charge on any atom is 0.293 e. The fourth-order valence-electron chi connectivity index (χ4n) is 2.95. The van der Waals surface area contributed by atoms with Gasteiger partial charge in [-0.1, -0.05) is 30.3 Å². The van der Waals surface area contributed by atoms with Crippen molar-refractivity contribution in [2.75, 3.05) is 18.0 Å². The predicted octanol–water partition coefficient (Wildman–Crippen LogP) is 4.91. The molecule has 1 aliphatic heterocycles. The first-order valence-corrected chi connectivity index (χ1v) is 9.69. The van der Waals surface area contributed by atoms with Crippen LogP contribution in [0.5, 0.6) is 0 Å². The molecule has 0 bridgehead atoms. The Kier molecular flexibility index (Phi) is 5.96. The van der Waals surface area contributed by atoms with Crippen LogP contribution in [0.3, 0.4) is 0 Å². The second-order valence-electron chi connectivity index (χ2n) is 6.12. The van der Waals surface area contributed by atoms with Gasteiger partial charge in [-0.2, -0.15) is 0 Å². The van der Waals surface area contributed by atoms with Gasteiger partial charge in [-0.25, -0.2) is 4.39 Å². The Bertz CT molecular complexity index is 876. The van der Waals surface area contributed by atoms with Crippen LogP contribution in [0, 0.1) is 5.82 Å². The monoisotopic (exact) mass is 384 g/mol. The average Bonchev–Trinajstić information content (AvgIpc) is 2.93. The number of nitrogens with zero attached hydrogens (tertiary/aromatic N) is 2. The second kappa shape index (κ2) is 8.39. The zero-order chi connectivity index (χ0) is 19.4. The number of hydrogen-bond acceptors (Lipinski definition) is 4. The van der Waals surface area contributed by atoms with E-state index in [1.54, 1.807) is 24.3 Å². The first kappa shape index (κ1) is 19.2. The summed E-state index contributed by atoms with van der Waals surface area (Å²) in [5.74, 6) is -0.811. The van der Waals surface area contributed by atoms with E-state index in [0.717, 1.165) is 41.0 Å². The maximum atomic E-state index is 13.8. The molecule has 2 aromatic rings. The molecule has 0 spiro atoms. The van der Waals surface area contributed by atoms with Crippen molar-refractivity contribution in [1.82, 2.24) is 4.90 Å². The van der Waals surface area contributed by atoms with Crippen LogP contribution in [0.15, 0.2) is 53.4 Å². The molecule has 0 radical (unpaired) electrons. The van der Waals surface area contributed by atoms with Crippen molar-refractivity contribution in [1.29, 1.82) is 0 Å². The van der Waals surface area contributed by atoms with E-state index in [1.165, 1.54) is 6.07 Å². The third-order valence-electron chi connectivity index (χ3n) is 4.48. The molecule has 6 heteroatoms. The molecule has 0 unspecified atom stereocenters. The summed E-state index contributed by atoms with van der Waals surface area (Å²) in [6, 6.07) is 14.0. The van der Waals surface area contributed by atoms with Crippen molar-refractivity contribution in [3.63, 3.8) is 0 Å². The fourth-order valence-corrected chi connectivity index (χ4v) is 3.79. The molecule has 3 rings (SSSR count). The number of halogens is 1. The van der Waals surface area contributed by atoms with Crippen LogP contribution in [-0.2, 0) is 11.3 Å². The molecule has 2 aromatic carbocycles. The maximum absolute atomic E-state index is 13.8. The zero-order valence-electron chi connectivity index (χ0n) is 15.3. The van der Waals surface area contributed by atoms with Crippen LogP contribution in [0.1, 0.15) is 25.0 Å². The summed E-state index contributed by atoms with van der Waals surface area (Å²) >= 11 is 0.887. The van der Waals surface area contributed by atoms with Gasteiger partial charge >= 0.3 is 0 Å². The van der Waals surface area contributed by atoms with Gasteiger partial charge in [0.15, 0.2) is 0 Å². The third kappa shape index (κ3) is 4.22. The molecular weight excluding hydrogens is 363 g/mol. The lowest BCUT2D eigenvalue weighted by molar-refractivity contribution is -0.123. The van der Waals surface area contributed by atoms with E-state index in [4.69, 9.17) is 0 Å². The second-order valence-corrected chi connectivity index (χ2v) is 7.12. The highest BCUT2D eigenvalue weighted by atomic mass is 32.2. The van der Waals surface area contributed by atoms with Crippen LogP contribution in [0.4, 0.5) is 14.9 Å². The minimum absolute atomic E-state index is 0.0599. The van der Waals surface area contributed by atoms with Crippen molar-refractivity contribution in [3.8, 4) is 0 Å². The SMILES string of the molecule is CCN(CC)c1ccc(/C=C2\SC(=O)N(Cc3ccccc3F)C2=O)cc1. The van der Waals surface area contributed by atoms with Crippen LogP contribution < -0.4 is 4.90 Å². The van der Waals surface area contributed by atoms with Gasteiger partial charge in [0.1, 0.15) is 5.82 Å². The fraction of sp³-hybridized carbons (Fsp3) is 0.238. The molecule has 4 nitrogen and oxygen atoms in total. The molecule has 1 heterocycles. The van der Waals surface area contributed by atoms with Crippen molar-refractivity contribution >= 4 is 34.7 Å². The number of rotatable bonds is 6. The van der Waals surface area contributed by atoms with Gasteiger partial charge in [0.25, 0.3) is 11.1 Å². The normalized spacial score (nSPS) is 15.7. The first-order chi connectivity index (χ1) is 13.0. The van der Waals surface area contributed by atoms with Crippen LogP contribution in [0.25, 0.3) is 6.08 Å². The quantitative estimate of drug-likeness (QED) is 0.664. The van der Waals surface area contributed by atoms with E-state index in [9.17, 15) is 14.0 Å². The number of anilines is 1. The molecule has 0 aromatic heterocycles. The summed E-state index contributed by atoms with van der Waals surface area (Å²) in [5.41, 5.74) is 2.29. The lowest BCUT2D eigenvalue weighted by Gasteiger charge is -2.20. The Morgan fingerprint density at radius 1 is 1.04 bits per heavy atom. The molecule has 0 aliphatic carbocycles. The average molecular weight is 384 g/mol. The Labute approximate surface area is 162 Å². The number of imide groups is 1. The number of hydrogen-bond donors (Lipinski definition) is 0. The Morgan fingerprint density at radius 3 is 2.33 bits per heavy atom. The van der Waals surface area contributed by atoms with E-state index in [-0.39, 0.29) is 17.7 Å². The number of benzene rings is 2. The largest absolute Gasteiger partial charge is 0.372 e. The number of thioether (sulfide) groups is 1. The molecule has 2 amide bonds. The number of carbonyl (C=O) groups is 2.